The quantitative estimate of drug-likeness (QED) is 0.712. The summed E-state index contributed by atoms with van der Waals surface area (Å²) in [5.41, 5.74) is 3.40. The van der Waals surface area contributed by atoms with Crippen LogP contribution < -0.4 is 0 Å². The zero-order valence-electron chi connectivity index (χ0n) is 9.83. The van der Waals surface area contributed by atoms with Crippen LogP contribution in [0.15, 0.2) is 36.4 Å². The van der Waals surface area contributed by atoms with E-state index in [1.54, 1.807) is 24.3 Å². The van der Waals surface area contributed by atoms with Gasteiger partial charge in [0.2, 0.25) is 0 Å². The maximum absolute atomic E-state index is 14.0. The Morgan fingerprint density at radius 3 is 2.47 bits per heavy atom. The summed E-state index contributed by atoms with van der Waals surface area (Å²) in [6.07, 6.45) is 0.758. The number of carbonyl (C=O) groups is 1. The maximum atomic E-state index is 14.0. The molecule has 2 aromatic rings. The number of halogens is 1. The second kappa shape index (κ2) is 4.50. The fourth-order valence-corrected chi connectivity index (χ4v) is 2.08. The van der Waals surface area contributed by atoms with Gasteiger partial charge in [-0.15, -0.1) is 0 Å². The second-order valence-electron chi connectivity index (χ2n) is 4.14. The normalized spacial score (nSPS) is 10.3. The third-order valence-electron chi connectivity index (χ3n) is 2.79. The van der Waals surface area contributed by atoms with Crippen molar-refractivity contribution in [2.45, 2.75) is 13.8 Å². The molecule has 0 bridgehead atoms. The predicted molar refractivity (Wildman–Crippen MR) is 66.7 cm³/mol. The van der Waals surface area contributed by atoms with E-state index in [4.69, 9.17) is 0 Å². The molecule has 0 aliphatic heterocycles. The fourth-order valence-electron chi connectivity index (χ4n) is 2.08. The Morgan fingerprint density at radius 2 is 1.82 bits per heavy atom. The number of aldehydes is 1. The number of carbonyl (C=O) groups excluding carboxylic acids is 1. The number of hydrogen-bond acceptors (Lipinski definition) is 1. The van der Waals surface area contributed by atoms with Crippen molar-refractivity contribution in [3.63, 3.8) is 0 Å². The highest BCUT2D eigenvalue weighted by Crippen LogP contribution is 2.29. The fraction of sp³-hybridized carbons (Fsp3) is 0.133. The van der Waals surface area contributed by atoms with Gasteiger partial charge in [0.05, 0.1) is 0 Å². The lowest BCUT2D eigenvalue weighted by Crippen LogP contribution is -1.94. The maximum Gasteiger partial charge on any atom is 0.150 e. The largest absolute Gasteiger partial charge is 0.298 e. The van der Waals surface area contributed by atoms with Crippen LogP contribution in [-0.4, -0.2) is 6.29 Å². The number of benzene rings is 2. The summed E-state index contributed by atoms with van der Waals surface area (Å²) in [7, 11) is 0. The zero-order valence-corrected chi connectivity index (χ0v) is 9.83. The van der Waals surface area contributed by atoms with Gasteiger partial charge in [-0.25, -0.2) is 4.39 Å². The minimum absolute atomic E-state index is 0.281. The van der Waals surface area contributed by atoms with Crippen LogP contribution in [0.4, 0.5) is 4.39 Å². The van der Waals surface area contributed by atoms with Crippen molar-refractivity contribution in [2.75, 3.05) is 0 Å². The molecule has 17 heavy (non-hydrogen) atoms. The summed E-state index contributed by atoms with van der Waals surface area (Å²) in [5, 5.41) is 0. The Morgan fingerprint density at radius 1 is 1.12 bits per heavy atom. The summed E-state index contributed by atoms with van der Waals surface area (Å²) in [5.74, 6) is -0.281. The third kappa shape index (κ3) is 2.11. The van der Waals surface area contributed by atoms with Crippen LogP contribution in [0.3, 0.4) is 0 Å². The lowest BCUT2D eigenvalue weighted by molar-refractivity contribution is 0.112. The Kier molecular flexibility index (Phi) is 3.05. The molecule has 0 saturated carbocycles. The Labute approximate surface area is 99.9 Å². The predicted octanol–water partition coefficient (Wildman–Crippen LogP) is 3.92. The van der Waals surface area contributed by atoms with E-state index in [9.17, 15) is 9.18 Å². The van der Waals surface area contributed by atoms with Crippen molar-refractivity contribution in [3.8, 4) is 11.1 Å². The summed E-state index contributed by atoms with van der Waals surface area (Å²) < 4.78 is 14.0. The van der Waals surface area contributed by atoms with Crippen LogP contribution in [0.25, 0.3) is 11.1 Å². The molecule has 0 atom stereocenters. The summed E-state index contributed by atoms with van der Waals surface area (Å²) in [6.45, 7) is 3.71. The van der Waals surface area contributed by atoms with Crippen LogP contribution in [0.2, 0.25) is 0 Å². The van der Waals surface area contributed by atoms with Gasteiger partial charge in [-0.1, -0.05) is 30.3 Å². The van der Waals surface area contributed by atoms with Crippen molar-refractivity contribution in [2.24, 2.45) is 0 Å². The third-order valence-corrected chi connectivity index (χ3v) is 2.79. The minimum Gasteiger partial charge on any atom is -0.298 e. The Balaban J connectivity index is 2.72. The van der Waals surface area contributed by atoms with E-state index >= 15 is 0 Å². The minimum atomic E-state index is -0.281. The van der Waals surface area contributed by atoms with Gasteiger partial charge in [-0.2, -0.15) is 0 Å². The van der Waals surface area contributed by atoms with E-state index in [1.165, 1.54) is 6.07 Å². The highest BCUT2D eigenvalue weighted by Gasteiger charge is 2.12. The van der Waals surface area contributed by atoms with E-state index in [0.29, 0.717) is 16.7 Å². The molecule has 0 aliphatic carbocycles. The second-order valence-corrected chi connectivity index (χ2v) is 4.14. The van der Waals surface area contributed by atoms with Crippen molar-refractivity contribution in [1.82, 2.24) is 0 Å². The number of aryl methyl sites for hydroxylation is 2. The molecule has 0 saturated heterocycles. The van der Waals surface area contributed by atoms with Crippen molar-refractivity contribution in [3.05, 3.63) is 58.9 Å². The van der Waals surface area contributed by atoms with E-state index < -0.39 is 0 Å². The Bertz CT molecular complexity index is 550. The summed E-state index contributed by atoms with van der Waals surface area (Å²) in [4.78, 5) is 11.0. The van der Waals surface area contributed by atoms with Gasteiger partial charge in [-0.3, -0.25) is 4.79 Å². The first-order chi connectivity index (χ1) is 8.13. The summed E-state index contributed by atoms with van der Waals surface area (Å²) in [6, 6.07) is 10.4. The van der Waals surface area contributed by atoms with Crippen molar-refractivity contribution in [1.29, 1.82) is 0 Å². The zero-order chi connectivity index (χ0) is 12.4. The lowest BCUT2D eigenvalue weighted by Gasteiger charge is -2.10. The molecule has 1 nitrogen and oxygen atoms in total. The SMILES string of the molecule is Cc1cc(C)c(-c2ccccc2C=O)c(F)c1. The highest BCUT2D eigenvalue weighted by molar-refractivity contribution is 5.88. The molecule has 2 aromatic carbocycles. The average Bonchev–Trinajstić information content (AvgIpc) is 2.28. The molecular formula is C15H13FO. The molecule has 0 unspecified atom stereocenters. The van der Waals surface area contributed by atoms with Crippen LogP contribution in [0.5, 0.6) is 0 Å². The van der Waals surface area contributed by atoms with Crippen molar-refractivity contribution < 1.29 is 9.18 Å². The summed E-state index contributed by atoms with van der Waals surface area (Å²) >= 11 is 0. The van der Waals surface area contributed by atoms with Gasteiger partial charge in [0.25, 0.3) is 0 Å². The molecule has 0 radical (unpaired) electrons. The molecular weight excluding hydrogens is 215 g/mol. The van der Waals surface area contributed by atoms with Gasteiger partial charge < -0.3 is 0 Å². The molecule has 0 fully saturated rings. The van der Waals surface area contributed by atoms with Gasteiger partial charge >= 0.3 is 0 Å². The van der Waals surface area contributed by atoms with Gasteiger partial charge in [0.1, 0.15) is 5.82 Å². The van der Waals surface area contributed by atoms with Crippen LogP contribution in [0, 0.1) is 19.7 Å². The van der Waals surface area contributed by atoms with E-state index in [2.05, 4.69) is 0 Å². The highest BCUT2D eigenvalue weighted by atomic mass is 19.1. The molecule has 0 N–H and O–H groups in total. The van der Waals surface area contributed by atoms with E-state index in [0.717, 1.165) is 17.4 Å². The van der Waals surface area contributed by atoms with E-state index in [1.807, 2.05) is 19.9 Å². The molecule has 0 amide bonds. The molecule has 2 rings (SSSR count). The van der Waals surface area contributed by atoms with E-state index in [-0.39, 0.29) is 5.82 Å². The monoisotopic (exact) mass is 228 g/mol. The molecule has 2 heteroatoms. The molecule has 0 aliphatic rings. The van der Waals surface area contributed by atoms with Crippen molar-refractivity contribution >= 4 is 6.29 Å². The molecule has 0 spiro atoms. The van der Waals surface area contributed by atoms with Gasteiger partial charge in [-0.05, 0) is 36.6 Å². The molecule has 0 aromatic heterocycles. The first kappa shape index (κ1) is 11.5. The first-order valence-corrected chi connectivity index (χ1v) is 5.45. The van der Waals surface area contributed by atoms with Crippen LogP contribution in [0.1, 0.15) is 21.5 Å². The number of rotatable bonds is 2. The average molecular weight is 228 g/mol. The number of hydrogen-bond donors (Lipinski definition) is 0. The van der Waals surface area contributed by atoms with Crippen LogP contribution >= 0.6 is 0 Å². The molecule has 0 heterocycles. The smallest absolute Gasteiger partial charge is 0.150 e. The Hall–Kier alpha value is -1.96. The first-order valence-electron chi connectivity index (χ1n) is 5.45. The topological polar surface area (TPSA) is 17.1 Å². The standard InChI is InChI=1S/C15H13FO/c1-10-7-11(2)15(14(16)8-10)13-6-4-3-5-12(13)9-17/h3-9H,1-2H3. The van der Waals surface area contributed by atoms with Gasteiger partial charge in [0.15, 0.2) is 6.29 Å². The molecule has 86 valence electrons. The van der Waals surface area contributed by atoms with Gasteiger partial charge in [0, 0.05) is 11.1 Å². The van der Waals surface area contributed by atoms with Crippen LogP contribution in [-0.2, 0) is 0 Å². The lowest BCUT2D eigenvalue weighted by atomic mass is 9.95.